The van der Waals surface area contributed by atoms with E-state index in [1.807, 2.05) is 0 Å². The number of carbonyl (C=O) groups excluding carboxylic acids is 1. The number of aromatic nitrogens is 2. The number of hydrogen-bond acceptors (Lipinski definition) is 3. The minimum absolute atomic E-state index is 0.0472. The van der Waals surface area contributed by atoms with E-state index in [4.69, 9.17) is 11.6 Å². The van der Waals surface area contributed by atoms with Gasteiger partial charge in [0, 0.05) is 5.56 Å². The lowest BCUT2D eigenvalue weighted by Gasteiger charge is -2.09. The Hall–Kier alpha value is -2.02. The minimum Gasteiger partial charge on any atom is -0.464 e. The molecule has 2 aromatic rings. The van der Waals surface area contributed by atoms with E-state index in [-0.39, 0.29) is 17.0 Å². The van der Waals surface area contributed by atoms with Crippen LogP contribution >= 0.6 is 11.6 Å². The summed E-state index contributed by atoms with van der Waals surface area (Å²) in [5, 5.41) is 5.76. The molecule has 4 nitrogen and oxygen atoms in total. The van der Waals surface area contributed by atoms with Crippen LogP contribution in [0, 0.1) is 0 Å². The maximum absolute atomic E-state index is 12.7. The van der Waals surface area contributed by atoms with Gasteiger partial charge in [-0.15, -0.1) is 0 Å². The Kier molecular flexibility index (Phi) is 3.71. The maximum Gasteiger partial charge on any atom is 0.417 e. The van der Waals surface area contributed by atoms with Gasteiger partial charge in [-0.25, -0.2) is 4.79 Å². The predicted molar refractivity (Wildman–Crippen MR) is 65.4 cm³/mol. The molecule has 0 radical (unpaired) electrons. The Morgan fingerprint density at radius 2 is 2.05 bits per heavy atom. The van der Waals surface area contributed by atoms with Crippen LogP contribution in [0.1, 0.15) is 16.1 Å². The second-order valence-corrected chi connectivity index (χ2v) is 4.26. The third-order valence-electron chi connectivity index (χ3n) is 2.55. The van der Waals surface area contributed by atoms with Gasteiger partial charge in [-0.2, -0.15) is 18.3 Å². The van der Waals surface area contributed by atoms with Crippen LogP contribution in [0.5, 0.6) is 0 Å². The molecular formula is C12H8ClF3N2O2. The molecule has 0 aliphatic carbocycles. The number of halogens is 4. The number of ether oxygens (including phenoxy) is 1. The van der Waals surface area contributed by atoms with E-state index in [9.17, 15) is 18.0 Å². The van der Waals surface area contributed by atoms with Gasteiger partial charge in [0.1, 0.15) is 5.69 Å². The third kappa shape index (κ3) is 2.77. The highest BCUT2D eigenvalue weighted by atomic mass is 35.5. The van der Waals surface area contributed by atoms with Crippen molar-refractivity contribution < 1.29 is 22.7 Å². The molecule has 0 saturated heterocycles. The minimum atomic E-state index is -4.56. The van der Waals surface area contributed by atoms with Crippen LogP contribution in [0.3, 0.4) is 0 Å². The number of rotatable bonds is 2. The van der Waals surface area contributed by atoms with Gasteiger partial charge in [-0.1, -0.05) is 17.7 Å². The van der Waals surface area contributed by atoms with E-state index in [2.05, 4.69) is 14.9 Å². The zero-order chi connectivity index (χ0) is 14.9. The van der Waals surface area contributed by atoms with Crippen LogP contribution in [0.25, 0.3) is 11.3 Å². The normalized spacial score (nSPS) is 11.4. The van der Waals surface area contributed by atoms with Crippen LogP contribution in [0.15, 0.2) is 24.3 Å². The molecular weight excluding hydrogens is 297 g/mol. The molecule has 0 atom stereocenters. The molecule has 1 aromatic heterocycles. The van der Waals surface area contributed by atoms with Crippen LogP contribution < -0.4 is 0 Å². The number of benzene rings is 1. The first-order valence-corrected chi connectivity index (χ1v) is 5.71. The topological polar surface area (TPSA) is 55.0 Å². The molecule has 0 bridgehead atoms. The van der Waals surface area contributed by atoms with Gasteiger partial charge >= 0.3 is 12.1 Å². The maximum atomic E-state index is 12.7. The lowest BCUT2D eigenvalue weighted by molar-refractivity contribution is -0.137. The van der Waals surface area contributed by atoms with Gasteiger partial charge in [0.15, 0.2) is 0 Å². The summed E-state index contributed by atoms with van der Waals surface area (Å²) in [6, 6.07) is 4.69. The summed E-state index contributed by atoms with van der Waals surface area (Å²) in [7, 11) is 1.19. The molecule has 0 fully saturated rings. The van der Waals surface area contributed by atoms with Crippen molar-refractivity contribution in [2.75, 3.05) is 7.11 Å². The Morgan fingerprint density at radius 1 is 1.35 bits per heavy atom. The van der Waals surface area contributed by atoms with E-state index < -0.39 is 22.7 Å². The molecule has 0 spiro atoms. The number of nitrogens with one attached hydrogen (secondary N) is 1. The van der Waals surface area contributed by atoms with Crippen molar-refractivity contribution in [2.45, 2.75) is 6.18 Å². The molecule has 8 heteroatoms. The molecule has 0 unspecified atom stereocenters. The largest absolute Gasteiger partial charge is 0.464 e. The number of methoxy groups -OCH3 is 1. The van der Waals surface area contributed by atoms with Crippen molar-refractivity contribution in [1.82, 2.24) is 10.2 Å². The Balaban J connectivity index is 2.44. The van der Waals surface area contributed by atoms with Crippen molar-refractivity contribution in [3.8, 4) is 11.3 Å². The van der Waals surface area contributed by atoms with Crippen LogP contribution in [0.2, 0.25) is 5.02 Å². The average Bonchev–Trinajstić information content (AvgIpc) is 2.86. The first-order chi connectivity index (χ1) is 9.32. The zero-order valence-corrected chi connectivity index (χ0v) is 10.8. The smallest absolute Gasteiger partial charge is 0.417 e. The monoisotopic (exact) mass is 304 g/mol. The van der Waals surface area contributed by atoms with E-state index in [0.717, 1.165) is 12.1 Å². The van der Waals surface area contributed by atoms with E-state index in [1.54, 1.807) is 0 Å². The zero-order valence-electron chi connectivity index (χ0n) is 10.1. The average molecular weight is 305 g/mol. The fourth-order valence-corrected chi connectivity index (χ4v) is 1.81. The second-order valence-electron chi connectivity index (χ2n) is 3.85. The number of H-pyrrole nitrogens is 1. The Bertz CT molecular complexity index is 652. The van der Waals surface area contributed by atoms with Gasteiger partial charge in [-0.05, 0) is 18.2 Å². The molecule has 106 valence electrons. The van der Waals surface area contributed by atoms with Crippen LogP contribution in [0.4, 0.5) is 13.2 Å². The summed E-state index contributed by atoms with van der Waals surface area (Å²) in [6.07, 6.45) is -4.56. The summed E-state index contributed by atoms with van der Waals surface area (Å²) in [5.41, 5.74) is -0.536. The number of hydrogen-bond donors (Lipinski definition) is 1. The fraction of sp³-hybridized carbons (Fsp3) is 0.167. The van der Waals surface area contributed by atoms with Gasteiger partial charge in [0.25, 0.3) is 0 Å². The number of carbonyl (C=O) groups is 1. The highest BCUT2D eigenvalue weighted by Crippen LogP contribution is 2.36. The highest BCUT2D eigenvalue weighted by molar-refractivity contribution is 6.31. The van der Waals surface area contributed by atoms with E-state index in [1.165, 1.54) is 19.2 Å². The van der Waals surface area contributed by atoms with Crippen molar-refractivity contribution in [2.24, 2.45) is 0 Å². The van der Waals surface area contributed by atoms with E-state index in [0.29, 0.717) is 0 Å². The van der Waals surface area contributed by atoms with Gasteiger partial charge < -0.3 is 4.74 Å². The lowest BCUT2D eigenvalue weighted by atomic mass is 10.1. The lowest BCUT2D eigenvalue weighted by Crippen LogP contribution is -2.05. The number of esters is 1. The van der Waals surface area contributed by atoms with Gasteiger partial charge in [0.05, 0.1) is 23.4 Å². The van der Waals surface area contributed by atoms with E-state index >= 15 is 0 Å². The summed E-state index contributed by atoms with van der Waals surface area (Å²) in [6.45, 7) is 0. The SMILES string of the molecule is COC(=O)c1cc(-c2ccc(Cl)c(C(F)(F)F)c2)n[nH]1. The van der Waals surface area contributed by atoms with Crippen LogP contribution in [-0.4, -0.2) is 23.3 Å². The molecule has 1 heterocycles. The van der Waals surface area contributed by atoms with Gasteiger partial charge in [0.2, 0.25) is 0 Å². The molecule has 1 aromatic carbocycles. The number of aromatic amines is 1. The Labute approximate surface area is 116 Å². The molecule has 20 heavy (non-hydrogen) atoms. The summed E-state index contributed by atoms with van der Waals surface area (Å²) in [5.74, 6) is -0.659. The first-order valence-electron chi connectivity index (χ1n) is 5.34. The standard InChI is InChI=1S/C12H8ClF3N2O2/c1-20-11(19)10-5-9(17-18-10)6-2-3-8(13)7(4-6)12(14,15)16/h2-5H,1H3,(H,17,18). The molecule has 2 rings (SSSR count). The van der Waals surface area contributed by atoms with Crippen LogP contribution in [-0.2, 0) is 10.9 Å². The number of nitrogens with zero attached hydrogens (tertiary/aromatic N) is 1. The molecule has 0 aliphatic rings. The van der Waals surface area contributed by atoms with Crippen molar-refractivity contribution in [3.05, 3.63) is 40.5 Å². The fourth-order valence-electron chi connectivity index (χ4n) is 1.59. The second kappa shape index (κ2) is 5.16. The quantitative estimate of drug-likeness (QED) is 0.863. The summed E-state index contributed by atoms with van der Waals surface area (Å²) < 4.78 is 42.7. The highest BCUT2D eigenvalue weighted by Gasteiger charge is 2.33. The van der Waals surface area contributed by atoms with Crippen molar-refractivity contribution in [1.29, 1.82) is 0 Å². The molecule has 0 aliphatic heterocycles. The van der Waals surface area contributed by atoms with Crippen molar-refractivity contribution in [3.63, 3.8) is 0 Å². The van der Waals surface area contributed by atoms with Crippen molar-refractivity contribution >= 4 is 17.6 Å². The predicted octanol–water partition coefficient (Wildman–Crippen LogP) is 3.54. The summed E-state index contributed by atoms with van der Waals surface area (Å²) >= 11 is 5.52. The Morgan fingerprint density at radius 3 is 2.65 bits per heavy atom. The first kappa shape index (κ1) is 14.4. The summed E-state index contributed by atoms with van der Waals surface area (Å²) in [4.78, 5) is 11.2. The molecule has 1 N–H and O–H groups in total. The van der Waals surface area contributed by atoms with Gasteiger partial charge in [-0.3, -0.25) is 5.10 Å². The molecule has 0 saturated carbocycles. The third-order valence-corrected chi connectivity index (χ3v) is 2.88. The molecule has 0 amide bonds. The number of alkyl halides is 3.